The van der Waals surface area contributed by atoms with Gasteiger partial charge in [0.25, 0.3) is 0 Å². The molecule has 0 radical (unpaired) electrons. The van der Waals surface area contributed by atoms with E-state index in [-0.39, 0.29) is 25.0 Å². The molecule has 0 unspecified atom stereocenters. The van der Waals surface area contributed by atoms with E-state index in [0.29, 0.717) is 16.2 Å². The van der Waals surface area contributed by atoms with Crippen molar-refractivity contribution in [1.29, 1.82) is 0 Å². The lowest BCUT2D eigenvalue weighted by Crippen LogP contribution is -2.37. The largest absolute Gasteiger partial charge is 0.463 e. The van der Waals surface area contributed by atoms with Crippen LogP contribution in [-0.2, 0) is 19.1 Å². The Morgan fingerprint density at radius 3 is 1.66 bits per heavy atom. The summed E-state index contributed by atoms with van der Waals surface area (Å²) in [7, 11) is 0. The molecule has 0 atom stereocenters. The molecule has 0 aliphatic carbocycles. The van der Waals surface area contributed by atoms with Gasteiger partial charge < -0.3 is 14.8 Å². The Morgan fingerprint density at radius 1 is 0.897 bits per heavy atom. The lowest BCUT2D eigenvalue weighted by molar-refractivity contribution is -0.139. The van der Waals surface area contributed by atoms with Crippen LogP contribution in [0, 0.1) is 11.8 Å². The SMILES string of the molecule is CCOC(=O)C1=C(C(C)C)NC(C(C)C)=C(C(=O)OCC)C1c1ccc(Cl)cc1. The van der Waals surface area contributed by atoms with Gasteiger partial charge in [-0.25, -0.2) is 9.59 Å². The maximum Gasteiger partial charge on any atom is 0.336 e. The number of dihydropyridines is 1. The third-order valence-corrected chi connectivity index (χ3v) is 5.03. The molecule has 0 aromatic heterocycles. The molecular formula is C23H30ClNO4. The highest BCUT2D eigenvalue weighted by atomic mass is 35.5. The van der Waals surface area contributed by atoms with Crippen LogP contribution in [0.2, 0.25) is 5.02 Å². The summed E-state index contributed by atoms with van der Waals surface area (Å²) < 4.78 is 10.8. The average molecular weight is 420 g/mol. The molecule has 1 aliphatic rings. The fourth-order valence-electron chi connectivity index (χ4n) is 3.51. The molecule has 158 valence electrons. The summed E-state index contributed by atoms with van der Waals surface area (Å²) in [6.07, 6.45) is 0. The first-order valence-corrected chi connectivity index (χ1v) is 10.4. The van der Waals surface area contributed by atoms with Gasteiger partial charge >= 0.3 is 11.9 Å². The molecule has 0 amide bonds. The topological polar surface area (TPSA) is 64.6 Å². The van der Waals surface area contributed by atoms with Gasteiger partial charge in [0.05, 0.1) is 30.3 Å². The smallest absolute Gasteiger partial charge is 0.336 e. The molecule has 29 heavy (non-hydrogen) atoms. The summed E-state index contributed by atoms with van der Waals surface area (Å²) in [5.74, 6) is -1.41. The number of esters is 2. The van der Waals surface area contributed by atoms with Crippen molar-refractivity contribution < 1.29 is 19.1 Å². The Hall–Kier alpha value is -2.27. The second kappa shape index (κ2) is 9.97. The first-order chi connectivity index (χ1) is 13.7. The van der Waals surface area contributed by atoms with Crippen LogP contribution in [0.15, 0.2) is 46.8 Å². The Bertz CT molecular complexity index is 776. The van der Waals surface area contributed by atoms with Crippen LogP contribution in [0.25, 0.3) is 0 Å². The third kappa shape index (κ3) is 5.02. The summed E-state index contributed by atoms with van der Waals surface area (Å²) in [4.78, 5) is 26.1. The number of benzene rings is 1. The van der Waals surface area contributed by atoms with E-state index in [1.807, 2.05) is 39.8 Å². The van der Waals surface area contributed by atoms with Crippen molar-refractivity contribution in [2.45, 2.75) is 47.5 Å². The van der Waals surface area contributed by atoms with Gasteiger partial charge in [-0.2, -0.15) is 0 Å². The number of carbonyl (C=O) groups is 2. The third-order valence-electron chi connectivity index (χ3n) is 4.78. The number of allylic oxidation sites excluding steroid dienone is 2. The molecule has 5 nitrogen and oxygen atoms in total. The quantitative estimate of drug-likeness (QED) is 0.632. The van der Waals surface area contributed by atoms with Gasteiger partial charge in [0, 0.05) is 16.4 Å². The van der Waals surface area contributed by atoms with Crippen LogP contribution in [-0.4, -0.2) is 25.2 Å². The van der Waals surface area contributed by atoms with Crippen molar-refractivity contribution in [3.05, 3.63) is 57.4 Å². The standard InChI is InChI=1S/C23H30ClNO4/c1-7-28-22(26)18-17(15-9-11-16(24)12-10-15)19(23(27)29-8-2)21(14(5)6)25-20(18)13(3)4/h9-14,17,25H,7-8H2,1-6H3. The highest BCUT2D eigenvalue weighted by molar-refractivity contribution is 6.30. The van der Waals surface area contributed by atoms with Crippen LogP contribution in [0.4, 0.5) is 0 Å². The minimum absolute atomic E-state index is 0.0294. The molecule has 1 heterocycles. The second-order valence-corrected chi connectivity index (χ2v) is 7.95. The van der Waals surface area contributed by atoms with Crippen molar-refractivity contribution in [2.75, 3.05) is 13.2 Å². The summed E-state index contributed by atoms with van der Waals surface area (Å²) in [6, 6.07) is 7.20. The van der Waals surface area contributed by atoms with Crippen LogP contribution in [0.5, 0.6) is 0 Å². The Kier molecular flexibility index (Phi) is 7.91. The molecule has 0 spiro atoms. The van der Waals surface area contributed by atoms with Gasteiger partial charge in [0.15, 0.2) is 0 Å². The number of nitrogens with one attached hydrogen (secondary N) is 1. The normalized spacial score (nSPS) is 15.1. The van der Waals surface area contributed by atoms with E-state index in [9.17, 15) is 9.59 Å². The molecule has 1 aromatic rings. The van der Waals surface area contributed by atoms with Gasteiger partial charge in [-0.1, -0.05) is 51.4 Å². The van der Waals surface area contributed by atoms with Gasteiger partial charge in [-0.05, 0) is 43.4 Å². The summed E-state index contributed by atoms with van der Waals surface area (Å²) in [5, 5.41) is 3.96. The number of rotatable bonds is 7. The fourth-order valence-corrected chi connectivity index (χ4v) is 3.63. The Balaban J connectivity index is 2.82. The number of hydrogen-bond donors (Lipinski definition) is 1. The lowest BCUT2D eigenvalue weighted by atomic mass is 9.77. The van der Waals surface area contributed by atoms with Gasteiger partial charge in [-0.15, -0.1) is 0 Å². The molecule has 0 saturated carbocycles. The molecule has 1 N–H and O–H groups in total. The highest BCUT2D eigenvalue weighted by Gasteiger charge is 2.40. The molecule has 2 rings (SSSR count). The predicted molar refractivity (Wildman–Crippen MR) is 114 cm³/mol. The molecule has 0 fully saturated rings. The summed E-state index contributed by atoms with van der Waals surface area (Å²) in [5.41, 5.74) is 3.20. The highest BCUT2D eigenvalue weighted by Crippen LogP contribution is 2.42. The zero-order valence-corrected chi connectivity index (χ0v) is 18.7. The maximum atomic E-state index is 13.0. The van der Waals surface area contributed by atoms with Crippen molar-refractivity contribution in [1.82, 2.24) is 5.32 Å². The van der Waals surface area contributed by atoms with Crippen molar-refractivity contribution >= 4 is 23.5 Å². The van der Waals surface area contributed by atoms with E-state index < -0.39 is 17.9 Å². The average Bonchev–Trinajstić information content (AvgIpc) is 2.67. The summed E-state index contributed by atoms with van der Waals surface area (Å²) in [6.45, 7) is 12.1. The number of hydrogen-bond acceptors (Lipinski definition) is 5. The molecule has 6 heteroatoms. The molecular weight excluding hydrogens is 390 g/mol. The monoisotopic (exact) mass is 419 g/mol. The van der Waals surface area contributed by atoms with Crippen LogP contribution in [0.3, 0.4) is 0 Å². The predicted octanol–water partition coefficient (Wildman–Crippen LogP) is 4.97. The molecule has 1 aromatic carbocycles. The van der Waals surface area contributed by atoms with Gasteiger partial charge in [0.1, 0.15) is 0 Å². The Morgan fingerprint density at radius 2 is 1.31 bits per heavy atom. The van der Waals surface area contributed by atoms with E-state index in [1.54, 1.807) is 26.0 Å². The minimum atomic E-state index is -0.596. The number of halogens is 1. The van der Waals surface area contributed by atoms with E-state index in [1.165, 1.54) is 0 Å². The van der Waals surface area contributed by atoms with E-state index in [2.05, 4.69) is 5.32 Å². The van der Waals surface area contributed by atoms with Crippen LogP contribution in [0.1, 0.15) is 53.0 Å². The second-order valence-electron chi connectivity index (χ2n) is 7.51. The zero-order chi connectivity index (χ0) is 21.7. The van der Waals surface area contributed by atoms with E-state index in [4.69, 9.17) is 21.1 Å². The van der Waals surface area contributed by atoms with Crippen LogP contribution < -0.4 is 5.32 Å². The lowest BCUT2D eigenvalue weighted by Gasteiger charge is -2.35. The van der Waals surface area contributed by atoms with Crippen LogP contribution >= 0.6 is 11.6 Å². The van der Waals surface area contributed by atoms with Gasteiger partial charge in [0.2, 0.25) is 0 Å². The maximum absolute atomic E-state index is 13.0. The van der Waals surface area contributed by atoms with Crippen molar-refractivity contribution in [3.63, 3.8) is 0 Å². The van der Waals surface area contributed by atoms with Crippen molar-refractivity contribution in [2.24, 2.45) is 11.8 Å². The number of carbonyl (C=O) groups excluding carboxylic acids is 2. The first-order valence-electron chi connectivity index (χ1n) is 10.1. The molecule has 0 bridgehead atoms. The molecule has 1 aliphatic heterocycles. The molecule has 0 saturated heterocycles. The van der Waals surface area contributed by atoms with Crippen molar-refractivity contribution in [3.8, 4) is 0 Å². The zero-order valence-electron chi connectivity index (χ0n) is 18.0. The number of ether oxygens (including phenoxy) is 2. The summed E-state index contributed by atoms with van der Waals surface area (Å²) >= 11 is 6.09. The van der Waals surface area contributed by atoms with E-state index >= 15 is 0 Å². The Labute approximate surface area is 178 Å². The van der Waals surface area contributed by atoms with Gasteiger partial charge in [-0.3, -0.25) is 0 Å². The fraction of sp³-hybridized carbons (Fsp3) is 0.478. The minimum Gasteiger partial charge on any atom is -0.463 e. The first kappa shape index (κ1) is 23.0. The van der Waals surface area contributed by atoms with E-state index in [0.717, 1.165) is 17.0 Å².